The fourth-order valence-electron chi connectivity index (χ4n) is 6.57. The van der Waals surface area contributed by atoms with Crippen molar-refractivity contribution in [1.82, 2.24) is 14.8 Å². The van der Waals surface area contributed by atoms with Crippen LogP contribution in [-0.2, 0) is 0 Å². The molecule has 2 amide bonds. The van der Waals surface area contributed by atoms with Crippen LogP contribution < -0.4 is 10.7 Å². The van der Waals surface area contributed by atoms with Crippen LogP contribution in [0.1, 0.15) is 106 Å². The summed E-state index contributed by atoms with van der Waals surface area (Å²) >= 11 is 0. The first-order valence-electron chi connectivity index (χ1n) is 12.3. The molecule has 176 valence electrons. The molecule has 1 aliphatic heterocycles. The Morgan fingerprint density at radius 2 is 1.72 bits per heavy atom. The quantitative estimate of drug-likeness (QED) is 0.737. The van der Waals surface area contributed by atoms with E-state index in [9.17, 15) is 14.4 Å². The Kier molecular flexibility index (Phi) is 6.01. The Morgan fingerprint density at radius 1 is 1.06 bits per heavy atom. The van der Waals surface area contributed by atoms with Crippen molar-refractivity contribution in [1.29, 1.82) is 0 Å². The van der Waals surface area contributed by atoms with Crippen LogP contribution in [0, 0.1) is 16.7 Å². The summed E-state index contributed by atoms with van der Waals surface area (Å²) in [5.74, 6) is -0.293. The minimum atomic E-state index is -0.434. The standard InChI is InChI=1S/C26H39N3O3/c1-17(2)12-27-23(31)20-13-28(18-8-6-7-9-18)14-21(22(20)30)24(32)29-16-26(5)11-19(29)10-25(3,4)15-26/h13-14,17-19H,6-12,15-16H2,1-5H3,(H,27,31)/t19-,26-/m1/s1. The van der Waals surface area contributed by atoms with Gasteiger partial charge in [0.2, 0.25) is 5.43 Å². The number of hydrogen-bond acceptors (Lipinski definition) is 3. The molecule has 0 aromatic carbocycles. The molecule has 2 aliphatic carbocycles. The summed E-state index contributed by atoms with van der Waals surface area (Å²) in [6.45, 7) is 12.0. The fourth-order valence-corrected chi connectivity index (χ4v) is 6.57. The minimum Gasteiger partial charge on any atom is -0.352 e. The zero-order valence-corrected chi connectivity index (χ0v) is 20.4. The summed E-state index contributed by atoms with van der Waals surface area (Å²) in [6, 6.07) is 0.405. The van der Waals surface area contributed by atoms with Gasteiger partial charge in [-0.25, -0.2) is 0 Å². The average molecular weight is 442 g/mol. The number of carbonyl (C=O) groups excluding carboxylic acids is 2. The van der Waals surface area contributed by atoms with E-state index in [4.69, 9.17) is 0 Å². The summed E-state index contributed by atoms with van der Waals surface area (Å²) in [5, 5.41) is 2.87. The molecule has 1 aromatic heterocycles. The Balaban J connectivity index is 1.70. The Bertz CT molecular complexity index is 958. The first-order valence-corrected chi connectivity index (χ1v) is 12.3. The number of nitrogens with one attached hydrogen (secondary N) is 1. The van der Waals surface area contributed by atoms with Crippen LogP contribution in [0.3, 0.4) is 0 Å². The molecule has 6 heteroatoms. The number of likely N-dealkylation sites (tertiary alicyclic amines) is 1. The zero-order valence-electron chi connectivity index (χ0n) is 20.4. The topological polar surface area (TPSA) is 71.4 Å². The van der Waals surface area contributed by atoms with E-state index in [0.29, 0.717) is 13.1 Å². The molecule has 2 saturated carbocycles. The molecule has 3 aliphatic rings. The molecular weight excluding hydrogens is 402 g/mol. The first-order chi connectivity index (χ1) is 15.0. The average Bonchev–Trinajstić information content (AvgIpc) is 3.31. The highest BCUT2D eigenvalue weighted by atomic mass is 16.2. The molecule has 2 bridgehead atoms. The van der Waals surface area contributed by atoms with Crippen molar-refractivity contribution in [2.45, 2.75) is 91.6 Å². The first kappa shape index (κ1) is 23.1. The lowest BCUT2D eigenvalue weighted by atomic mass is 9.65. The largest absolute Gasteiger partial charge is 0.352 e. The number of hydrogen-bond donors (Lipinski definition) is 1. The van der Waals surface area contributed by atoms with Crippen molar-refractivity contribution < 1.29 is 9.59 Å². The minimum absolute atomic E-state index is 0.0945. The molecule has 2 atom stereocenters. The van der Waals surface area contributed by atoms with E-state index in [1.807, 2.05) is 23.3 Å². The van der Waals surface area contributed by atoms with E-state index >= 15 is 0 Å². The van der Waals surface area contributed by atoms with E-state index in [2.05, 4.69) is 26.1 Å². The van der Waals surface area contributed by atoms with E-state index in [0.717, 1.165) is 44.9 Å². The molecule has 0 unspecified atom stereocenters. The number of amides is 2. The van der Waals surface area contributed by atoms with Gasteiger partial charge in [0.05, 0.1) is 0 Å². The third-order valence-corrected chi connectivity index (χ3v) is 7.61. The van der Waals surface area contributed by atoms with Crippen molar-refractivity contribution in [3.63, 3.8) is 0 Å². The smallest absolute Gasteiger partial charge is 0.259 e. The Labute approximate surface area is 191 Å². The van der Waals surface area contributed by atoms with Gasteiger partial charge in [0.25, 0.3) is 11.8 Å². The molecule has 2 heterocycles. The predicted molar refractivity (Wildman–Crippen MR) is 126 cm³/mol. The van der Waals surface area contributed by atoms with Crippen LogP contribution in [0.5, 0.6) is 0 Å². The number of fused-ring (bicyclic) bond motifs is 2. The van der Waals surface area contributed by atoms with E-state index < -0.39 is 5.43 Å². The number of aromatic nitrogens is 1. The van der Waals surface area contributed by atoms with Gasteiger partial charge in [0.1, 0.15) is 11.1 Å². The lowest BCUT2D eigenvalue weighted by Crippen LogP contribution is -2.41. The van der Waals surface area contributed by atoms with Gasteiger partial charge in [-0.2, -0.15) is 0 Å². The Hall–Kier alpha value is -2.11. The lowest BCUT2D eigenvalue weighted by Gasteiger charge is -2.39. The maximum absolute atomic E-state index is 13.8. The molecule has 1 aromatic rings. The molecule has 6 nitrogen and oxygen atoms in total. The molecule has 0 radical (unpaired) electrons. The number of carbonyl (C=O) groups is 2. The van der Waals surface area contributed by atoms with Crippen LogP contribution in [0.4, 0.5) is 0 Å². The van der Waals surface area contributed by atoms with Crippen molar-refractivity contribution in [3.8, 4) is 0 Å². The van der Waals surface area contributed by atoms with Crippen molar-refractivity contribution in [2.75, 3.05) is 13.1 Å². The van der Waals surface area contributed by atoms with Crippen LogP contribution in [0.2, 0.25) is 0 Å². The van der Waals surface area contributed by atoms with Gasteiger partial charge in [0, 0.05) is 37.6 Å². The van der Waals surface area contributed by atoms with Crippen molar-refractivity contribution >= 4 is 11.8 Å². The van der Waals surface area contributed by atoms with E-state index in [1.54, 1.807) is 12.4 Å². The van der Waals surface area contributed by atoms with Gasteiger partial charge in [-0.05, 0) is 48.9 Å². The number of pyridine rings is 1. The summed E-state index contributed by atoms with van der Waals surface area (Å²) in [4.78, 5) is 42.0. The fraction of sp³-hybridized carbons (Fsp3) is 0.731. The van der Waals surface area contributed by atoms with Crippen LogP contribution >= 0.6 is 0 Å². The maximum Gasteiger partial charge on any atom is 0.259 e. The van der Waals surface area contributed by atoms with Crippen molar-refractivity contribution in [3.05, 3.63) is 33.7 Å². The van der Waals surface area contributed by atoms with Crippen LogP contribution in [-0.4, -0.2) is 40.4 Å². The van der Waals surface area contributed by atoms with E-state index in [1.165, 1.54) is 0 Å². The second-order valence-electron chi connectivity index (χ2n) is 12.1. The van der Waals surface area contributed by atoms with Gasteiger partial charge in [-0.1, -0.05) is 47.5 Å². The third-order valence-electron chi connectivity index (χ3n) is 7.61. The SMILES string of the molecule is CC(C)CNC(=O)c1cn(C2CCCC2)cc(C(=O)N2C[C@]3(C)C[C@H]2CC(C)(C)C3)c1=O. The molecule has 0 spiro atoms. The monoisotopic (exact) mass is 441 g/mol. The highest BCUT2D eigenvalue weighted by molar-refractivity contribution is 5.99. The van der Waals surface area contributed by atoms with Gasteiger partial charge in [-0.3, -0.25) is 14.4 Å². The molecule has 1 saturated heterocycles. The molecular formula is C26H39N3O3. The lowest BCUT2D eigenvalue weighted by molar-refractivity contribution is 0.0705. The van der Waals surface area contributed by atoms with Gasteiger partial charge in [-0.15, -0.1) is 0 Å². The van der Waals surface area contributed by atoms with Gasteiger partial charge in [0.15, 0.2) is 0 Å². The van der Waals surface area contributed by atoms with Gasteiger partial charge >= 0.3 is 0 Å². The normalized spacial score (nSPS) is 27.2. The van der Waals surface area contributed by atoms with Crippen LogP contribution in [0.25, 0.3) is 0 Å². The summed E-state index contributed by atoms with van der Waals surface area (Å²) < 4.78 is 1.97. The molecule has 3 fully saturated rings. The summed E-state index contributed by atoms with van der Waals surface area (Å²) in [6.07, 6.45) is 10.8. The Morgan fingerprint density at radius 3 is 2.38 bits per heavy atom. The van der Waals surface area contributed by atoms with Crippen LogP contribution in [0.15, 0.2) is 17.2 Å². The number of nitrogens with zero attached hydrogens (tertiary/aromatic N) is 2. The molecule has 1 N–H and O–H groups in total. The predicted octanol–water partition coefficient (Wildman–Crippen LogP) is 4.39. The van der Waals surface area contributed by atoms with Gasteiger partial charge < -0.3 is 14.8 Å². The third kappa shape index (κ3) is 4.51. The second-order valence-corrected chi connectivity index (χ2v) is 12.1. The second kappa shape index (κ2) is 8.35. The zero-order chi connectivity index (χ0) is 23.3. The molecule has 32 heavy (non-hydrogen) atoms. The highest BCUT2D eigenvalue weighted by Crippen LogP contribution is 2.52. The number of rotatable bonds is 5. The summed E-state index contributed by atoms with van der Waals surface area (Å²) in [5.41, 5.74) is 0.102. The highest BCUT2D eigenvalue weighted by Gasteiger charge is 2.51. The maximum atomic E-state index is 13.8. The summed E-state index contributed by atoms with van der Waals surface area (Å²) in [7, 11) is 0. The van der Waals surface area contributed by atoms with E-state index in [-0.39, 0.29) is 51.8 Å². The van der Waals surface area contributed by atoms with Crippen molar-refractivity contribution in [2.24, 2.45) is 16.7 Å². The molecule has 4 rings (SSSR count).